The Hall–Kier alpha value is -1.30. The molecule has 6 heteroatoms. The number of hydrogen-bond acceptors (Lipinski definition) is 5. The number of aryl methyl sites for hydroxylation is 1. The zero-order valence-electron chi connectivity index (χ0n) is 11.7. The van der Waals surface area contributed by atoms with Gasteiger partial charge in [0.25, 0.3) is 0 Å². The van der Waals surface area contributed by atoms with Gasteiger partial charge >= 0.3 is 0 Å². The molecule has 0 aliphatic heterocycles. The third-order valence-electron chi connectivity index (χ3n) is 3.03. The van der Waals surface area contributed by atoms with Gasteiger partial charge in [0.05, 0.1) is 0 Å². The predicted molar refractivity (Wildman–Crippen MR) is 92.7 cm³/mol. The van der Waals surface area contributed by atoms with Crippen molar-refractivity contribution in [3.05, 3.63) is 45.8 Å². The van der Waals surface area contributed by atoms with Crippen LogP contribution >= 0.6 is 34.7 Å². The number of fused-ring (bicyclic) bond motifs is 1. The van der Waals surface area contributed by atoms with E-state index in [4.69, 9.17) is 11.6 Å². The second-order valence-electron chi connectivity index (χ2n) is 4.56. The molecule has 0 unspecified atom stereocenters. The normalized spacial score (nSPS) is 11.0. The maximum Gasteiger partial charge on any atom is 0.224 e. The molecule has 0 aliphatic carbocycles. The Labute approximate surface area is 136 Å². The molecular weight excluding hydrogens is 322 g/mol. The van der Waals surface area contributed by atoms with E-state index >= 15 is 0 Å². The lowest BCUT2D eigenvalue weighted by molar-refractivity contribution is 1.10. The van der Waals surface area contributed by atoms with Gasteiger partial charge in [0.1, 0.15) is 9.86 Å². The first-order valence-electron chi connectivity index (χ1n) is 6.49. The molecule has 0 radical (unpaired) electrons. The minimum absolute atomic E-state index is 0.658. The van der Waals surface area contributed by atoms with E-state index in [1.165, 1.54) is 4.88 Å². The van der Waals surface area contributed by atoms with Crippen LogP contribution < -0.4 is 5.32 Å². The van der Waals surface area contributed by atoms with Crippen molar-refractivity contribution in [2.24, 2.45) is 0 Å². The monoisotopic (exact) mass is 335 g/mol. The van der Waals surface area contributed by atoms with Crippen LogP contribution in [0.2, 0.25) is 5.02 Å². The molecule has 0 amide bonds. The number of thiophene rings is 1. The largest absolute Gasteiger partial charge is 0.357 e. The van der Waals surface area contributed by atoms with Crippen LogP contribution in [0.1, 0.15) is 10.4 Å². The number of hydrogen-bond donors (Lipinski definition) is 1. The Morgan fingerprint density at radius 1 is 1.29 bits per heavy atom. The fraction of sp³-hybridized carbons (Fsp3) is 0.200. The molecule has 0 bridgehead atoms. The first-order valence-corrected chi connectivity index (χ1v) is 8.67. The number of nitrogens with zero attached hydrogens (tertiary/aromatic N) is 2. The van der Waals surface area contributed by atoms with Crippen LogP contribution in [-0.4, -0.2) is 17.0 Å². The minimum Gasteiger partial charge on any atom is -0.357 e. The Kier molecular flexibility index (Phi) is 4.33. The number of halogens is 1. The van der Waals surface area contributed by atoms with Gasteiger partial charge in [0.15, 0.2) is 0 Å². The van der Waals surface area contributed by atoms with Crippen molar-refractivity contribution in [3.8, 4) is 0 Å². The highest BCUT2D eigenvalue weighted by Crippen LogP contribution is 2.34. The van der Waals surface area contributed by atoms with Crippen molar-refractivity contribution in [3.63, 3.8) is 0 Å². The number of benzene rings is 1. The third kappa shape index (κ3) is 3.15. The van der Waals surface area contributed by atoms with Crippen LogP contribution in [0.5, 0.6) is 0 Å². The van der Waals surface area contributed by atoms with Gasteiger partial charge in [0.2, 0.25) is 5.95 Å². The van der Waals surface area contributed by atoms with Gasteiger partial charge in [-0.25, -0.2) is 9.97 Å². The quantitative estimate of drug-likeness (QED) is 0.538. The molecule has 3 rings (SSSR count). The lowest BCUT2D eigenvalue weighted by Crippen LogP contribution is -1.97. The molecule has 0 aliphatic rings. The maximum absolute atomic E-state index is 6.22. The summed E-state index contributed by atoms with van der Waals surface area (Å²) < 4.78 is 0. The molecule has 0 fully saturated rings. The second-order valence-corrected chi connectivity index (χ2v) is 7.16. The molecule has 0 saturated heterocycles. The molecule has 0 spiro atoms. The Morgan fingerprint density at radius 2 is 2.10 bits per heavy atom. The Balaban J connectivity index is 1.94. The summed E-state index contributed by atoms with van der Waals surface area (Å²) in [6.07, 6.45) is 0. The first kappa shape index (κ1) is 14.6. The zero-order valence-corrected chi connectivity index (χ0v) is 14.1. The van der Waals surface area contributed by atoms with Crippen molar-refractivity contribution < 1.29 is 0 Å². The van der Waals surface area contributed by atoms with E-state index in [1.54, 1.807) is 23.1 Å². The topological polar surface area (TPSA) is 37.8 Å². The average Bonchev–Trinajstić information content (AvgIpc) is 2.86. The number of nitrogens with one attached hydrogen (secondary N) is 1. The number of rotatable bonds is 4. The standard InChI is InChI=1S/C15H14ClN3S2/c1-9-7-11-13(18-15(17-2)19-14(11)21-9)20-8-10-5-3-4-6-12(10)16/h3-7H,8H2,1-2H3,(H,17,18,19). The van der Waals surface area contributed by atoms with Crippen LogP contribution in [0.15, 0.2) is 35.4 Å². The summed E-state index contributed by atoms with van der Waals surface area (Å²) in [7, 11) is 1.84. The van der Waals surface area contributed by atoms with Gasteiger partial charge in [-0.1, -0.05) is 29.8 Å². The van der Waals surface area contributed by atoms with Gasteiger partial charge in [-0.2, -0.15) is 0 Å². The van der Waals surface area contributed by atoms with Gasteiger partial charge in [0, 0.05) is 28.1 Å². The highest BCUT2D eigenvalue weighted by Gasteiger charge is 2.11. The van der Waals surface area contributed by atoms with Gasteiger partial charge in [-0.05, 0) is 24.6 Å². The molecule has 0 atom stereocenters. The Bertz CT molecular complexity index is 786. The number of aromatic nitrogens is 2. The molecule has 2 aromatic heterocycles. The fourth-order valence-electron chi connectivity index (χ4n) is 2.00. The summed E-state index contributed by atoms with van der Waals surface area (Å²) in [5.74, 6) is 1.45. The van der Waals surface area contributed by atoms with Crippen LogP contribution in [0.25, 0.3) is 10.2 Å². The summed E-state index contributed by atoms with van der Waals surface area (Å²) in [5.41, 5.74) is 1.12. The van der Waals surface area contributed by atoms with E-state index in [0.717, 1.165) is 31.6 Å². The van der Waals surface area contributed by atoms with Crippen molar-refractivity contribution >= 4 is 50.9 Å². The highest BCUT2D eigenvalue weighted by atomic mass is 35.5. The summed E-state index contributed by atoms with van der Waals surface area (Å²) in [4.78, 5) is 11.4. The predicted octanol–water partition coefficient (Wildman–Crippen LogP) is 4.99. The van der Waals surface area contributed by atoms with Crippen LogP contribution in [-0.2, 0) is 5.75 Å². The lowest BCUT2D eigenvalue weighted by atomic mass is 10.2. The minimum atomic E-state index is 0.658. The van der Waals surface area contributed by atoms with E-state index in [1.807, 2.05) is 31.3 Å². The molecule has 3 aromatic rings. The molecular formula is C15H14ClN3S2. The zero-order chi connectivity index (χ0) is 14.8. The molecule has 1 N–H and O–H groups in total. The summed E-state index contributed by atoms with van der Waals surface area (Å²) in [6.45, 7) is 2.09. The third-order valence-corrected chi connectivity index (χ3v) is 5.38. The second kappa shape index (κ2) is 6.22. The molecule has 3 nitrogen and oxygen atoms in total. The van der Waals surface area contributed by atoms with Crippen molar-refractivity contribution in [1.82, 2.24) is 9.97 Å². The van der Waals surface area contributed by atoms with E-state index < -0.39 is 0 Å². The molecule has 2 heterocycles. The average molecular weight is 336 g/mol. The maximum atomic E-state index is 6.22. The number of anilines is 1. The van der Waals surface area contributed by atoms with Gasteiger partial charge in [-0.3, -0.25) is 0 Å². The van der Waals surface area contributed by atoms with E-state index in [9.17, 15) is 0 Å². The molecule has 1 aromatic carbocycles. The smallest absolute Gasteiger partial charge is 0.224 e. The van der Waals surface area contributed by atoms with Crippen LogP contribution in [0.4, 0.5) is 5.95 Å². The summed E-state index contributed by atoms with van der Waals surface area (Å²) in [6, 6.07) is 10.1. The van der Waals surface area contributed by atoms with Crippen molar-refractivity contribution in [2.75, 3.05) is 12.4 Å². The van der Waals surface area contributed by atoms with E-state index in [-0.39, 0.29) is 0 Å². The van der Waals surface area contributed by atoms with Crippen molar-refractivity contribution in [2.45, 2.75) is 17.7 Å². The van der Waals surface area contributed by atoms with E-state index in [2.05, 4.69) is 28.3 Å². The summed E-state index contributed by atoms with van der Waals surface area (Å²) >= 11 is 9.60. The number of thioether (sulfide) groups is 1. The van der Waals surface area contributed by atoms with Gasteiger partial charge < -0.3 is 5.32 Å². The lowest BCUT2D eigenvalue weighted by Gasteiger charge is -2.06. The Morgan fingerprint density at radius 3 is 2.86 bits per heavy atom. The fourth-order valence-corrected chi connectivity index (χ4v) is 4.23. The van der Waals surface area contributed by atoms with E-state index in [0.29, 0.717) is 5.95 Å². The van der Waals surface area contributed by atoms with Crippen LogP contribution in [0.3, 0.4) is 0 Å². The molecule has 21 heavy (non-hydrogen) atoms. The SMILES string of the molecule is CNc1nc(SCc2ccccc2Cl)c2cc(C)sc2n1. The summed E-state index contributed by atoms with van der Waals surface area (Å²) in [5, 5.41) is 5.93. The van der Waals surface area contributed by atoms with Crippen LogP contribution in [0, 0.1) is 6.92 Å². The van der Waals surface area contributed by atoms with Crippen molar-refractivity contribution in [1.29, 1.82) is 0 Å². The van der Waals surface area contributed by atoms with Gasteiger partial charge in [-0.15, -0.1) is 23.1 Å². The highest BCUT2D eigenvalue weighted by molar-refractivity contribution is 7.98. The first-order chi connectivity index (χ1) is 10.2. The molecule has 108 valence electrons. The molecule has 0 saturated carbocycles.